The second-order valence-electron chi connectivity index (χ2n) is 5.10. The maximum absolute atomic E-state index is 4.54. The standard InChI is InChI=1S/C18H13N5/c1-2-6-13(7-3-1)22-23-14-9-10-15-17(12-14)21-18(20-15)16-8-4-5-11-19-16/h1-12,14H. The molecule has 0 spiro atoms. The van der Waals surface area contributed by atoms with Crippen LogP contribution in [0.15, 0.2) is 98.9 Å². The van der Waals surface area contributed by atoms with E-state index in [2.05, 4.69) is 25.2 Å². The van der Waals surface area contributed by atoms with Crippen LogP contribution in [-0.4, -0.2) is 22.6 Å². The lowest BCUT2D eigenvalue weighted by molar-refractivity contribution is 0.918. The van der Waals surface area contributed by atoms with Crippen molar-refractivity contribution in [3.05, 3.63) is 84.3 Å². The van der Waals surface area contributed by atoms with Crippen molar-refractivity contribution in [2.24, 2.45) is 20.2 Å². The predicted molar refractivity (Wildman–Crippen MR) is 90.2 cm³/mol. The molecule has 1 aliphatic carbocycles. The van der Waals surface area contributed by atoms with Gasteiger partial charge in [0.15, 0.2) is 5.84 Å². The van der Waals surface area contributed by atoms with Crippen molar-refractivity contribution in [2.45, 2.75) is 6.04 Å². The molecule has 2 aliphatic rings. The van der Waals surface area contributed by atoms with Gasteiger partial charge in [0.1, 0.15) is 11.7 Å². The van der Waals surface area contributed by atoms with Gasteiger partial charge in [-0.15, -0.1) is 0 Å². The summed E-state index contributed by atoms with van der Waals surface area (Å²) in [6.07, 6.45) is 7.59. The molecule has 5 nitrogen and oxygen atoms in total. The first-order valence-corrected chi connectivity index (χ1v) is 7.33. The highest BCUT2D eigenvalue weighted by Gasteiger charge is 2.20. The molecule has 110 valence electrons. The van der Waals surface area contributed by atoms with E-state index in [0.29, 0.717) is 5.84 Å². The van der Waals surface area contributed by atoms with E-state index in [1.807, 2.05) is 66.8 Å². The Morgan fingerprint density at radius 2 is 1.78 bits per heavy atom. The number of benzene rings is 1. The molecule has 1 aromatic carbocycles. The first-order chi connectivity index (χ1) is 11.4. The Labute approximate surface area is 133 Å². The summed E-state index contributed by atoms with van der Waals surface area (Å²) in [4.78, 5) is 13.3. The molecular formula is C18H13N5. The summed E-state index contributed by atoms with van der Waals surface area (Å²) in [6.45, 7) is 0. The summed E-state index contributed by atoms with van der Waals surface area (Å²) in [7, 11) is 0. The lowest BCUT2D eigenvalue weighted by Gasteiger charge is -2.07. The molecule has 1 unspecified atom stereocenters. The molecule has 1 atom stereocenters. The van der Waals surface area contributed by atoms with Crippen LogP contribution in [0.2, 0.25) is 0 Å². The first-order valence-electron chi connectivity index (χ1n) is 7.33. The lowest BCUT2D eigenvalue weighted by atomic mass is 10.1. The van der Waals surface area contributed by atoms with Gasteiger partial charge in [0.05, 0.1) is 17.1 Å². The van der Waals surface area contributed by atoms with Crippen molar-refractivity contribution in [1.29, 1.82) is 0 Å². The number of aliphatic imine (C=N–C) groups is 2. The van der Waals surface area contributed by atoms with Crippen molar-refractivity contribution in [2.75, 3.05) is 0 Å². The van der Waals surface area contributed by atoms with E-state index in [-0.39, 0.29) is 6.04 Å². The Kier molecular flexibility index (Phi) is 3.44. The molecule has 23 heavy (non-hydrogen) atoms. The van der Waals surface area contributed by atoms with Gasteiger partial charge in [-0.25, -0.2) is 9.98 Å². The first kappa shape index (κ1) is 13.5. The topological polar surface area (TPSA) is 62.3 Å². The van der Waals surface area contributed by atoms with Crippen LogP contribution in [0.1, 0.15) is 5.69 Å². The third-order valence-corrected chi connectivity index (χ3v) is 3.45. The normalized spacial score (nSPS) is 19.3. The van der Waals surface area contributed by atoms with E-state index >= 15 is 0 Å². The van der Waals surface area contributed by atoms with Crippen LogP contribution in [0.4, 0.5) is 5.69 Å². The van der Waals surface area contributed by atoms with Crippen LogP contribution in [0.3, 0.4) is 0 Å². The van der Waals surface area contributed by atoms with Crippen LogP contribution in [0, 0.1) is 0 Å². The second kappa shape index (κ2) is 5.88. The lowest BCUT2D eigenvalue weighted by Crippen LogP contribution is -2.06. The minimum Gasteiger partial charge on any atom is -0.253 e. The van der Waals surface area contributed by atoms with Gasteiger partial charge in [0.2, 0.25) is 0 Å². The average molecular weight is 299 g/mol. The molecule has 5 heteroatoms. The van der Waals surface area contributed by atoms with Gasteiger partial charge in [-0.05, 0) is 36.4 Å². The van der Waals surface area contributed by atoms with Gasteiger partial charge in [0.25, 0.3) is 0 Å². The third-order valence-electron chi connectivity index (χ3n) is 3.45. The van der Waals surface area contributed by atoms with E-state index in [1.54, 1.807) is 6.20 Å². The van der Waals surface area contributed by atoms with Crippen molar-refractivity contribution in [3.63, 3.8) is 0 Å². The summed E-state index contributed by atoms with van der Waals surface area (Å²) < 4.78 is 0. The number of rotatable bonds is 3. The van der Waals surface area contributed by atoms with E-state index < -0.39 is 0 Å². The number of azo groups is 1. The summed E-state index contributed by atoms with van der Waals surface area (Å²) >= 11 is 0. The van der Waals surface area contributed by atoms with Gasteiger partial charge in [0, 0.05) is 6.20 Å². The monoisotopic (exact) mass is 299 g/mol. The number of allylic oxidation sites excluding steroid dienone is 1. The van der Waals surface area contributed by atoms with Crippen molar-refractivity contribution in [1.82, 2.24) is 4.98 Å². The number of aromatic nitrogens is 1. The van der Waals surface area contributed by atoms with E-state index in [9.17, 15) is 0 Å². The minimum absolute atomic E-state index is 0.129. The number of pyridine rings is 1. The van der Waals surface area contributed by atoms with Gasteiger partial charge >= 0.3 is 0 Å². The average Bonchev–Trinajstić information content (AvgIpc) is 3.05. The summed E-state index contributed by atoms with van der Waals surface area (Å²) in [5.41, 5.74) is 3.27. The number of nitrogens with zero attached hydrogens (tertiary/aromatic N) is 5. The summed E-state index contributed by atoms with van der Waals surface area (Å²) in [6, 6.07) is 15.2. The Bertz CT molecular complexity index is 861. The van der Waals surface area contributed by atoms with Crippen molar-refractivity contribution < 1.29 is 0 Å². The smallest absolute Gasteiger partial charge is 0.179 e. The van der Waals surface area contributed by atoms with Gasteiger partial charge < -0.3 is 0 Å². The van der Waals surface area contributed by atoms with Crippen LogP contribution in [-0.2, 0) is 0 Å². The summed E-state index contributed by atoms with van der Waals surface area (Å²) in [5.74, 6) is 0.636. The molecule has 0 bridgehead atoms. The second-order valence-corrected chi connectivity index (χ2v) is 5.10. The molecule has 0 saturated carbocycles. The number of hydrogen-bond acceptors (Lipinski definition) is 5. The van der Waals surface area contributed by atoms with E-state index in [1.165, 1.54) is 0 Å². The fraction of sp³-hybridized carbons (Fsp3) is 0.0556. The Morgan fingerprint density at radius 1 is 0.913 bits per heavy atom. The number of hydrogen-bond donors (Lipinski definition) is 0. The minimum atomic E-state index is -0.129. The highest BCUT2D eigenvalue weighted by atomic mass is 15.1. The molecule has 0 amide bonds. The predicted octanol–water partition coefficient (Wildman–Crippen LogP) is 3.89. The summed E-state index contributed by atoms with van der Waals surface area (Å²) in [5, 5.41) is 8.58. The molecule has 0 saturated heterocycles. The molecule has 0 N–H and O–H groups in total. The zero-order chi connectivity index (χ0) is 15.5. The van der Waals surface area contributed by atoms with Crippen LogP contribution < -0.4 is 0 Å². The Balaban J connectivity index is 1.57. The van der Waals surface area contributed by atoms with Gasteiger partial charge in [-0.1, -0.05) is 30.3 Å². The SMILES string of the molecule is C1=CC(N=Nc2ccccc2)C=C2N=C(c3ccccn3)N=C12. The maximum Gasteiger partial charge on any atom is 0.179 e. The Morgan fingerprint density at radius 3 is 2.61 bits per heavy atom. The number of fused-ring (bicyclic) bond motifs is 1. The molecule has 2 heterocycles. The molecule has 2 aromatic rings. The fourth-order valence-electron chi connectivity index (χ4n) is 2.33. The van der Waals surface area contributed by atoms with Crippen molar-refractivity contribution >= 4 is 17.2 Å². The maximum atomic E-state index is 4.54. The van der Waals surface area contributed by atoms with E-state index in [0.717, 1.165) is 22.8 Å². The third kappa shape index (κ3) is 2.89. The number of amidine groups is 1. The molecule has 0 fully saturated rings. The highest BCUT2D eigenvalue weighted by Crippen LogP contribution is 2.21. The quantitative estimate of drug-likeness (QED) is 0.793. The highest BCUT2D eigenvalue weighted by molar-refractivity contribution is 6.22. The largest absolute Gasteiger partial charge is 0.253 e. The molecule has 0 radical (unpaired) electrons. The molecular weight excluding hydrogens is 286 g/mol. The Hall–Kier alpha value is -3.21. The van der Waals surface area contributed by atoms with Gasteiger partial charge in [-0.2, -0.15) is 10.2 Å². The van der Waals surface area contributed by atoms with Crippen molar-refractivity contribution in [3.8, 4) is 0 Å². The molecule has 1 aromatic heterocycles. The molecule has 4 rings (SSSR count). The van der Waals surface area contributed by atoms with Crippen LogP contribution in [0.5, 0.6) is 0 Å². The van der Waals surface area contributed by atoms with Crippen LogP contribution >= 0.6 is 0 Å². The zero-order valence-electron chi connectivity index (χ0n) is 12.2. The zero-order valence-corrected chi connectivity index (χ0v) is 12.2. The molecule has 1 aliphatic heterocycles. The van der Waals surface area contributed by atoms with Crippen LogP contribution in [0.25, 0.3) is 0 Å². The fourth-order valence-corrected chi connectivity index (χ4v) is 2.33. The van der Waals surface area contributed by atoms with E-state index in [4.69, 9.17) is 0 Å². The van der Waals surface area contributed by atoms with Gasteiger partial charge in [-0.3, -0.25) is 4.98 Å².